The van der Waals surface area contributed by atoms with Gasteiger partial charge >= 0.3 is 0 Å². The first kappa shape index (κ1) is 25.9. The molecular formula is C28H34N4O3. The van der Waals surface area contributed by atoms with E-state index in [-0.39, 0.29) is 11.8 Å². The molecule has 0 aliphatic rings. The highest BCUT2D eigenvalue weighted by atomic mass is 16.5. The summed E-state index contributed by atoms with van der Waals surface area (Å²) in [5, 5.41) is 5.80. The van der Waals surface area contributed by atoms with Gasteiger partial charge in [-0.2, -0.15) is 0 Å². The zero-order chi connectivity index (χ0) is 25.3. The minimum atomic E-state index is -0.794. The Morgan fingerprint density at radius 2 is 1.57 bits per heavy atom. The summed E-state index contributed by atoms with van der Waals surface area (Å²) < 4.78 is 5.85. The van der Waals surface area contributed by atoms with Crippen LogP contribution in [0.25, 0.3) is 0 Å². The fraction of sp³-hybridized carbons (Fsp3) is 0.321. The molecule has 1 heterocycles. The molecule has 2 aromatic carbocycles. The maximum Gasteiger partial charge on any atom is 0.243 e. The van der Waals surface area contributed by atoms with E-state index in [9.17, 15) is 9.59 Å². The fourth-order valence-corrected chi connectivity index (χ4v) is 3.51. The number of amides is 2. The van der Waals surface area contributed by atoms with Crippen LogP contribution in [-0.2, 0) is 29.0 Å². The fourth-order valence-electron chi connectivity index (χ4n) is 3.51. The lowest BCUT2D eigenvalue weighted by molar-refractivity contribution is -0.130. The van der Waals surface area contributed by atoms with Gasteiger partial charge in [0.05, 0.1) is 6.04 Å². The second-order valence-electron chi connectivity index (χ2n) is 9.59. The number of hydrogen-bond donors (Lipinski definition) is 3. The summed E-state index contributed by atoms with van der Waals surface area (Å²) in [6.45, 7) is 6.17. The Morgan fingerprint density at radius 1 is 0.886 bits per heavy atom. The van der Waals surface area contributed by atoms with E-state index >= 15 is 0 Å². The van der Waals surface area contributed by atoms with Crippen LogP contribution >= 0.6 is 0 Å². The van der Waals surface area contributed by atoms with Crippen LogP contribution in [0.4, 0.5) is 0 Å². The molecule has 3 aromatic rings. The molecule has 1 unspecified atom stereocenters. The highest BCUT2D eigenvalue weighted by Crippen LogP contribution is 2.16. The average molecular weight is 475 g/mol. The molecule has 2 atom stereocenters. The van der Waals surface area contributed by atoms with E-state index in [4.69, 9.17) is 10.5 Å². The van der Waals surface area contributed by atoms with Crippen LogP contribution in [0.15, 0.2) is 79.1 Å². The molecule has 4 N–H and O–H groups in total. The normalized spacial score (nSPS) is 12.9. The van der Waals surface area contributed by atoms with Crippen LogP contribution in [0.1, 0.15) is 37.5 Å². The Morgan fingerprint density at radius 3 is 2.20 bits per heavy atom. The summed E-state index contributed by atoms with van der Waals surface area (Å²) in [6, 6.07) is 19.6. The summed E-state index contributed by atoms with van der Waals surface area (Å²) in [4.78, 5) is 29.9. The van der Waals surface area contributed by atoms with Gasteiger partial charge in [0.25, 0.3) is 0 Å². The van der Waals surface area contributed by atoms with Crippen molar-refractivity contribution in [3.63, 3.8) is 0 Å². The number of rotatable bonds is 10. The average Bonchev–Trinajstić information content (AvgIpc) is 2.83. The van der Waals surface area contributed by atoms with Crippen LogP contribution in [-0.4, -0.2) is 34.4 Å². The van der Waals surface area contributed by atoms with Crippen molar-refractivity contribution in [1.82, 2.24) is 15.6 Å². The largest absolute Gasteiger partial charge is 0.489 e. The van der Waals surface area contributed by atoms with Gasteiger partial charge in [-0.3, -0.25) is 14.6 Å². The Bertz CT molecular complexity index is 1080. The number of hydrogen-bond acceptors (Lipinski definition) is 5. The summed E-state index contributed by atoms with van der Waals surface area (Å²) in [6.07, 6.45) is 4.01. The topological polar surface area (TPSA) is 106 Å². The van der Waals surface area contributed by atoms with Crippen molar-refractivity contribution in [2.75, 3.05) is 0 Å². The summed E-state index contributed by atoms with van der Waals surface area (Å²) in [5.41, 5.74) is 8.53. The quantitative estimate of drug-likeness (QED) is 0.419. The highest BCUT2D eigenvalue weighted by molar-refractivity contribution is 5.90. The van der Waals surface area contributed by atoms with Gasteiger partial charge < -0.3 is 21.1 Å². The molecule has 0 fully saturated rings. The van der Waals surface area contributed by atoms with Gasteiger partial charge in [0, 0.05) is 24.4 Å². The maximum atomic E-state index is 13.0. The SMILES string of the molecule is CC(C)(C)NC(=O)C(Cc1ccc(OCc2ccccc2)cc1)NC(=O)[C@@H](N)Cc1cccnc1. The summed E-state index contributed by atoms with van der Waals surface area (Å²) >= 11 is 0. The second-order valence-corrected chi connectivity index (χ2v) is 9.59. The zero-order valence-electron chi connectivity index (χ0n) is 20.5. The number of aromatic nitrogens is 1. The third-order valence-electron chi connectivity index (χ3n) is 5.26. The number of nitrogens with zero attached hydrogens (tertiary/aromatic N) is 1. The van der Waals surface area contributed by atoms with E-state index in [1.807, 2.05) is 81.4 Å². The van der Waals surface area contributed by atoms with Crippen molar-refractivity contribution in [2.24, 2.45) is 5.73 Å². The first-order chi connectivity index (χ1) is 16.7. The van der Waals surface area contributed by atoms with Crippen LogP contribution < -0.4 is 21.1 Å². The van der Waals surface area contributed by atoms with Crippen molar-refractivity contribution in [3.05, 3.63) is 95.8 Å². The zero-order valence-corrected chi connectivity index (χ0v) is 20.5. The monoisotopic (exact) mass is 474 g/mol. The van der Waals surface area contributed by atoms with E-state index in [1.165, 1.54) is 0 Å². The Kier molecular flexibility index (Phi) is 8.98. The van der Waals surface area contributed by atoms with E-state index in [1.54, 1.807) is 18.5 Å². The second kappa shape index (κ2) is 12.1. The molecule has 184 valence electrons. The predicted molar refractivity (Wildman–Crippen MR) is 137 cm³/mol. The maximum absolute atomic E-state index is 13.0. The van der Waals surface area contributed by atoms with Crippen LogP contribution in [0, 0.1) is 0 Å². The molecule has 0 bridgehead atoms. The third kappa shape index (κ3) is 8.87. The molecular weight excluding hydrogens is 440 g/mol. The Hall–Kier alpha value is -3.71. The molecule has 0 aliphatic heterocycles. The molecule has 0 radical (unpaired) electrons. The smallest absolute Gasteiger partial charge is 0.243 e. The molecule has 0 aliphatic carbocycles. The summed E-state index contributed by atoms with van der Waals surface area (Å²) in [7, 11) is 0. The van der Waals surface area contributed by atoms with Crippen LogP contribution in [0.2, 0.25) is 0 Å². The molecule has 0 saturated heterocycles. The van der Waals surface area contributed by atoms with Gasteiger partial charge in [0.1, 0.15) is 18.4 Å². The molecule has 7 heteroatoms. The minimum Gasteiger partial charge on any atom is -0.489 e. The Balaban J connectivity index is 1.64. The van der Waals surface area contributed by atoms with Crippen molar-refractivity contribution in [1.29, 1.82) is 0 Å². The molecule has 1 aromatic heterocycles. The summed E-state index contributed by atoms with van der Waals surface area (Å²) in [5.74, 6) is 0.0883. The lowest BCUT2D eigenvalue weighted by Crippen LogP contribution is -2.56. The number of benzene rings is 2. The van der Waals surface area contributed by atoms with E-state index in [0.717, 1.165) is 22.4 Å². The minimum absolute atomic E-state index is 0.260. The van der Waals surface area contributed by atoms with Gasteiger partial charge in [0.15, 0.2) is 0 Å². The Labute approximate surface area is 207 Å². The molecule has 7 nitrogen and oxygen atoms in total. The lowest BCUT2D eigenvalue weighted by Gasteiger charge is -2.26. The molecule has 0 saturated carbocycles. The number of pyridine rings is 1. The van der Waals surface area contributed by atoms with Gasteiger partial charge in [-0.05, 0) is 62.1 Å². The van der Waals surface area contributed by atoms with Crippen molar-refractivity contribution >= 4 is 11.8 Å². The van der Waals surface area contributed by atoms with E-state index < -0.39 is 17.6 Å². The number of ether oxygens (including phenoxy) is 1. The number of nitrogens with one attached hydrogen (secondary N) is 2. The number of nitrogens with two attached hydrogens (primary N) is 1. The molecule has 2 amide bonds. The van der Waals surface area contributed by atoms with Gasteiger partial charge in [-0.25, -0.2) is 0 Å². The van der Waals surface area contributed by atoms with Crippen molar-refractivity contribution in [2.45, 2.75) is 57.8 Å². The number of carbonyl (C=O) groups excluding carboxylic acids is 2. The van der Waals surface area contributed by atoms with Crippen LogP contribution in [0.5, 0.6) is 5.75 Å². The molecule has 35 heavy (non-hydrogen) atoms. The molecule has 3 rings (SSSR count). The predicted octanol–water partition coefficient (Wildman–Crippen LogP) is 3.17. The molecule has 0 spiro atoms. The third-order valence-corrected chi connectivity index (χ3v) is 5.26. The van der Waals surface area contributed by atoms with Crippen molar-refractivity contribution in [3.8, 4) is 5.75 Å². The highest BCUT2D eigenvalue weighted by Gasteiger charge is 2.27. The lowest BCUT2D eigenvalue weighted by atomic mass is 10.0. The van der Waals surface area contributed by atoms with E-state index in [2.05, 4.69) is 15.6 Å². The van der Waals surface area contributed by atoms with E-state index in [0.29, 0.717) is 19.4 Å². The van der Waals surface area contributed by atoms with Crippen molar-refractivity contribution < 1.29 is 14.3 Å². The number of carbonyl (C=O) groups is 2. The first-order valence-corrected chi connectivity index (χ1v) is 11.7. The standard InChI is InChI=1S/C28H34N4O3/c1-28(2,3)32-27(34)25(31-26(33)24(29)16-22-10-7-15-30-18-22)17-20-11-13-23(14-12-20)35-19-21-8-5-4-6-9-21/h4-15,18,24-25H,16-17,19,29H2,1-3H3,(H,31,33)(H,32,34)/t24-,25?/m0/s1. The van der Waals surface area contributed by atoms with Gasteiger partial charge in [-0.1, -0.05) is 48.5 Å². The van der Waals surface area contributed by atoms with Gasteiger partial charge in [-0.15, -0.1) is 0 Å². The van der Waals surface area contributed by atoms with Gasteiger partial charge in [0.2, 0.25) is 11.8 Å². The first-order valence-electron chi connectivity index (χ1n) is 11.7. The van der Waals surface area contributed by atoms with Crippen LogP contribution in [0.3, 0.4) is 0 Å².